The highest BCUT2D eigenvalue weighted by Crippen LogP contribution is 2.23. The summed E-state index contributed by atoms with van der Waals surface area (Å²) in [5.41, 5.74) is 0.904. The number of aliphatic hydroxyl groups is 1. The molecule has 3 nitrogen and oxygen atoms in total. The van der Waals surface area contributed by atoms with E-state index in [9.17, 15) is 18.3 Å². The molecule has 0 aliphatic heterocycles. The third kappa shape index (κ3) is 5.06. The smallest absolute Gasteiger partial charge is 0.387 e. The SMILES string of the molecule is CCCN(CC(F)(F)F)c1ccc(C(O)CC)nc1. The Balaban J connectivity index is 2.85. The van der Waals surface area contributed by atoms with Crippen LogP contribution < -0.4 is 4.90 Å². The van der Waals surface area contributed by atoms with Crippen molar-refractivity contribution in [1.29, 1.82) is 0 Å². The number of nitrogens with zero attached hydrogens (tertiary/aromatic N) is 2. The van der Waals surface area contributed by atoms with Crippen molar-refractivity contribution in [3.63, 3.8) is 0 Å². The number of halogens is 3. The van der Waals surface area contributed by atoms with Crippen molar-refractivity contribution < 1.29 is 18.3 Å². The van der Waals surface area contributed by atoms with Crippen LogP contribution in [0.2, 0.25) is 0 Å². The highest BCUT2D eigenvalue weighted by atomic mass is 19.4. The molecule has 0 aromatic carbocycles. The molecule has 0 amide bonds. The lowest BCUT2D eigenvalue weighted by molar-refractivity contribution is -0.119. The fourth-order valence-electron chi connectivity index (χ4n) is 1.78. The van der Waals surface area contributed by atoms with Crippen molar-refractivity contribution in [2.75, 3.05) is 18.0 Å². The average molecular weight is 276 g/mol. The van der Waals surface area contributed by atoms with Gasteiger partial charge in [-0.3, -0.25) is 4.98 Å². The first-order chi connectivity index (χ1) is 8.87. The van der Waals surface area contributed by atoms with Crippen LogP contribution in [-0.2, 0) is 0 Å². The molecule has 0 radical (unpaired) electrons. The van der Waals surface area contributed by atoms with E-state index in [0.717, 1.165) is 0 Å². The molecule has 0 bridgehead atoms. The first kappa shape index (κ1) is 15.8. The second-order valence-corrected chi connectivity index (χ2v) is 4.40. The molecule has 1 heterocycles. The molecule has 1 aromatic heterocycles. The Morgan fingerprint density at radius 2 is 2.00 bits per heavy atom. The molecule has 1 N–H and O–H groups in total. The quantitative estimate of drug-likeness (QED) is 0.866. The van der Waals surface area contributed by atoms with Gasteiger partial charge in [0.2, 0.25) is 0 Å². The third-order valence-corrected chi connectivity index (χ3v) is 2.73. The van der Waals surface area contributed by atoms with E-state index < -0.39 is 18.8 Å². The molecular formula is C13H19F3N2O. The van der Waals surface area contributed by atoms with Crippen LogP contribution in [0.4, 0.5) is 18.9 Å². The first-order valence-corrected chi connectivity index (χ1v) is 6.33. The van der Waals surface area contributed by atoms with Crippen LogP contribution in [0, 0.1) is 0 Å². The third-order valence-electron chi connectivity index (χ3n) is 2.73. The Kier molecular flexibility index (Phi) is 5.60. The summed E-state index contributed by atoms with van der Waals surface area (Å²) >= 11 is 0. The number of alkyl halides is 3. The van der Waals surface area contributed by atoms with Gasteiger partial charge in [-0.2, -0.15) is 13.2 Å². The minimum Gasteiger partial charge on any atom is -0.387 e. The minimum absolute atomic E-state index is 0.316. The lowest BCUT2D eigenvalue weighted by Gasteiger charge is -2.25. The molecule has 6 heteroatoms. The summed E-state index contributed by atoms with van der Waals surface area (Å²) < 4.78 is 37.4. The van der Waals surface area contributed by atoms with E-state index >= 15 is 0 Å². The van der Waals surface area contributed by atoms with Crippen molar-refractivity contribution in [3.05, 3.63) is 24.0 Å². The van der Waals surface area contributed by atoms with Gasteiger partial charge in [0.1, 0.15) is 6.54 Å². The van der Waals surface area contributed by atoms with Crippen LogP contribution >= 0.6 is 0 Å². The number of hydrogen-bond acceptors (Lipinski definition) is 3. The van der Waals surface area contributed by atoms with E-state index in [0.29, 0.717) is 30.8 Å². The fourth-order valence-corrected chi connectivity index (χ4v) is 1.78. The number of pyridine rings is 1. The van der Waals surface area contributed by atoms with Gasteiger partial charge in [-0.15, -0.1) is 0 Å². The summed E-state index contributed by atoms with van der Waals surface area (Å²) in [7, 11) is 0. The zero-order valence-corrected chi connectivity index (χ0v) is 11.1. The Hall–Kier alpha value is -1.30. The monoisotopic (exact) mass is 276 g/mol. The van der Waals surface area contributed by atoms with Gasteiger partial charge in [0.05, 0.1) is 23.7 Å². The zero-order chi connectivity index (χ0) is 14.5. The lowest BCUT2D eigenvalue weighted by atomic mass is 10.2. The normalized spacial score (nSPS) is 13.4. The van der Waals surface area contributed by atoms with E-state index in [4.69, 9.17) is 0 Å². The summed E-state index contributed by atoms with van der Waals surface area (Å²) in [6, 6.07) is 3.14. The first-order valence-electron chi connectivity index (χ1n) is 6.33. The van der Waals surface area contributed by atoms with Crippen LogP contribution in [0.25, 0.3) is 0 Å². The van der Waals surface area contributed by atoms with E-state index in [1.807, 2.05) is 13.8 Å². The Morgan fingerprint density at radius 3 is 2.42 bits per heavy atom. The Labute approximate surface area is 111 Å². The van der Waals surface area contributed by atoms with Gasteiger partial charge in [0.25, 0.3) is 0 Å². The maximum absolute atomic E-state index is 12.5. The highest BCUT2D eigenvalue weighted by Gasteiger charge is 2.30. The maximum atomic E-state index is 12.5. The number of hydrogen-bond donors (Lipinski definition) is 1. The van der Waals surface area contributed by atoms with Crippen LogP contribution in [0.15, 0.2) is 18.3 Å². The molecule has 0 spiro atoms. The van der Waals surface area contributed by atoms with Gasteiger partial charge < -0.3 is 10.0 Å². The number of aromatic nitrogens is 1. The number of rotatable bonds is 6. The van der Waals surface area contributed by atoms with Crippen LogP contribution in [0.3, 0.4) is 0 Å². The second kappa shape index (κ2) is 6.75. The van der Waals surface area contributed by atoms with Crippen molar-refractivity contribution in [2.24, 2.45) is 0 Å². The summed E-state index contributed by atoms with van der Waals surface area (Å²) in [4.78, 5) is 5.27. The lowest BCUT2D eigenvalue weighted by Crippen LogP contribution is -2.34. The summed E-state index contributed by atoms with van der Waals surface area (Å²) in [5, 5.41) is 9.59. The number of anilines is 1. The molecule has 0 aliphatic carbocycles. The molecule has 1 atom stereocenters. The molecule has 108 valence electrons. The van der Waals surface area contributed by atoms with E-state index in [-0.39, 0.29) is 0 Å². The summed E-state index contributed by atoms with van der Waals surface area (Å²) in [6.07, 6.45) is -2.38. The topological polar surface area (TPSA) is 36.4 Å². The Morgan fingerprint density at radius 1 is 1.32 bits per heavy atom. The molecule has 1 rings (SSSR count). The Bertz CT molecular complexity index is 378. The van der Waals surface area contributed by atoms with Crippen molar-refractivity contribution in [1.82, 2.24) is 4.98 Å². The molecule has 0 aliphatic rings. The summed E-state index contributed by atoms with van der Waals surface area (Å²) in [6.45, 7) is 2.97. The van der Waals surface area contributed by atoms with E-state index in [2.05, 4.69) is 4.98 Å². The standard InChI is InChI=1S/C13H19F3N2O/c1-3-7-18(9-13(14,15)16)10-5-6-11(17-8-10)12(19)4-2/h5-6,8,12,19H,3-4,7,9H2,1-2H3. The highest BCUT2D eigenvalue weighted by molar-refractivity contribution is 5.45. The molecule has 0 fully saturated rings. The van der Waals surface area contributed by atoms with Gasteiger partial charge in [-0.1, -0.05) is 13.8 Å². The van der Waals surface area contributed by atoms with Gasteiger partial charge in [0.15, 0.2) is 0 Å². The van der Waals surface area contributed by atoms with Gasteiger partial charge >= 0.3 is 6.18 Å². The molecular weight excluding hydrogens is 257 g/mol. The van der Waals surface area contributed by atoms with Gasteiger partial charge in [-0.25, -0.2) is 0 Å². The summed E-state index contributed by atoms with van der Waals surface area (Å²) in [5.74, 6) is 0. The van der Waals surface area contributed by atoms with Crippen LogP contribution in [0.1, 0.15) is 38.5 Å². The van der Waals surface area contributed by atoms with Crippen molar-refractivity contribution in [3.8, 4) is 0 Å². The van der Waals surface area contributed by atoms with Gasteiger partial charge in [0, 0.05) is 6.54 Å². The van der Waals surface area contributed by atoms with E-state index in [1.54, 1.807) is 12.1 Å². The molecule has 0 saturated heterocycles. The average Bonchev–Trinajstić information content (AvgIpc) is 2.36. The van der Waals surface area contributed by atoms with Crippen LogP contribution in [-0.4, -0.2) is 29.4 Å². The van der Waals surface area contributed by atoms with Crippen LogP contribution in [0.5, 0.6) is 0 Å². The predicted molar refractivity (Wildman–Crippen MR) is 68.0 cm³/mol. The molecule has 19 heavy (non-hydrogen) atoms. The molecule has 1 unspecified atom stereocenters. The minimum atomic E-state index is -4.24. The predicted octanol–water partition coefficient (Wildman–Crippen LogP) is 3.30. The molecule has 1 aromatic rings. The second-order valence-electron chi connectivity index (χ2n) is 4.40. The molecule has 0 saturated carbocycles. The van der Waals surface area contributed by atoms with Crippen molar-refractivity contribution >= 4 is 5.69 Å². The van der Waals surface area contributed by atoms with E-state index in [1.165, 1.54) is 11.1 Å². The number of aliphatic hydroxyl groups excluding tert-OH is 1. The zero-order valence-electron chi connectivity index (χ0n) is 11.1. The van der Waals surface area contributed by atoms with Crippen molar-refractivity contribution in [2.45, 2.75) is 39.0 Å². The largest absolute Gasteiger partial charge is 0.405 e. The fraction of sp³-hybridized carbons (Fsp3) is 0.615. The maximum Gasteiger partial charge on any atom is 0.405 e. The van der Waals surface area contributed by atoms with Gasteiger partial charge in [-0.05, 0) is 25.0 Å².